The van der Waals surface area contributed by atoms with E-state index < -0.39 is 0 Å². The van der Waals surface area contributed by atoms with E-state index in [4.69, 9.17) is 0 Å². The molecular formula is C23H25BrN2S2. The van der Waals surface area contributed by atoms with E-state index in [1.54, 1.807) is 0 Å². The lowest BCUT2D eigenvalue weighted by Gasteiger charge is -2.17. The Morgan fingerprint density at radius 1 is 1.04 bits per heavy atom. The maximum absolute atomic E-state index is 2.45. The van der Waals surface area contributed by atoms with Crippen LogP contribution in [0.4, 0.5) is 5.69 Å². The first-order valence-electron chi connectivity index (χ1n) is 9.63. The lowest BCUT2D eigenvalue weighted by Crippen LogP contribution is -3.00. The number of halogens is 1. The first-order chi connectivity index (χ1) is 13.3. The third-order valence-electron chi connectivity index (χ3n) is 4.96. The number of thioether (sulfide) groups is 1. The molecule has 2 heterocycles. The van der Waals surface area contributed by atoms with Gasteiger partial charge in [-0.25, -0.2) is 0 Å². The van der Waals surface area contributed by atoms with Crippen molar-refractivity contribution in [3.05, 3.63) is 70.7 Å². The largest absolute Gasteiger partial charge is 1.00 e. The van der Waals surface area contributed by atoms with Crippen LogP contribution in [0.2, 0.25) is 0 Å². The van der Waals surface area contributed by atoms with Crippen molar-refractivity contribution in [3.63, 3.8) is 0 Å². The molecular weight excluding hydrogens is 448 g/mol. The summed E-state index contributed by atoms with van der Waals surface area (Å²) in [5.41, 5.74) is 4.07. The van der Waals surface area contributed by atoms with Gasteiger partial charge >= 0.3 is 0 Å². The molecule has 0 amide bonds. The molecule has 0 fully saturated rings. The molecule has 0 saturated heterocycles. The van der Waals surface area contributed by atoms with E-state index in [-0.39, 0.29) is 17.0 Å². The van der Waals surface area contributed by atoms with Crippen LogP contribution in [0.1, 0.15) is 32.2 Å². The predicted molar refractivity (Wildman–Crippen MR) is 119 cm³/mol. The molecule has 2 nitrogen and oxygen atoms in total. The maximum Gasteiger partial charge on any atom is 0.265 e. The Bertz CT molecular complexity index is 1040. The molecule has 4 rings (SSSR count). The molecule has 0 saturated carbocycles. The number of aryl methyl sites for hydroxylation is 1. The van der Waals surface area contributed by atoms with E-state index in [0.29, 0.717) is 0 Å². The minimum atomic E-state index is 0. The highest BCUT2D eigenvalue weighted by Crippen LogP contribution is 2.45. The zero-order chi connectivity index (χ0) is 18.8. The zero-order valence-electron chi connectivity index (χ0n) is 16.5. The molecule has 5 heteroatoms. The van der Waals surface area contributed by atoms with Gasteiger partial charge in [-0.15, -0.1) is 0 Å². The SMILES string of the molecule is CCC(=CC=C1Sc2ccccc2N1CC)c1sc2ccccc2[n+]1CC.[Br-]. The van der Waals surface area contributed by atoms with E-state index in [1.807, 2.05) is 23.1 Å². The molecule has 0 bridgehead atoms. The van der Waals surface area contributed by atoms with Gasteiger partial charge in [0.05, 0.1) is 10.7 Å². The lowest BCUT2D eigenvalue weighted by molar-refractivity contribution is -0.665. The topological polar surface area (TPSA) is 7.12 Å². The van der Waals surface area contributed by atoms with Gasteiger partial charge in [0.15, 0.2) is 0 Å². The smallest absolute Gasteiger partial charge is 0.265 e. The predicted octanol–water partition coefficient (Wildman–Crippen LogP) is 3.48. The molecule has 1 aliphatic heterocycles. The van der Waals surface area contributed by atoms with Crippen molar-refractivity contribution in [2.24, 2.45) is 0 Å². The normalized spacial score (nSPS) is 15.2. The summed E-state index contributed by atoms with van der Waals surface area (Å²) in [5.74, 6) is 0. The second kappa shape index (κ2) is 9.29. The highest BCUT2D eigenvalue weighted by molar-refractivity contribution is 8.03. The third-order valence-corrected chi connectivity index (χ3v) is 7.33. The number of hydrogen-bond donors (Lipinski definition) is 0. The van der Waals surface area contributed by atoms with Gasteiger partial charge in [0.1, 0.15) is 11.2 Å². The van der Waals surface area contributed by atoms with Gasteiger partial charge in [-0.05, 0) is 50.6 Å². The Morgan fingerprint density at radius 2 is 1.79 bits per heavy atom. The number of thiazole rings is 1. The van der Waals surface area contributed by atoms with Crippen molar-refractivity contribution in [3.8, 4) is 0 Å². The molecule has 0 radical (unpaired) electrons. The number of allylic oxidation sites excluding steroid dienone is 3. The number of aromatic nitrogens is 1. The summed E-state index contributed by atoms with van der Waals surface area (Å²) in [4.78, 5) is 3.75. The second-order valence-corrected chi connectivity index (χ2v) is 8.58. The van der Waals surface area contributed by atoms with Crippen molar-refractivity contribution in [1.82, 2.24) is 0 Å². The fraction of sp³-hybridized carbons (Fsp3) is 0.261. The Hall–Kier alpha value is -1.56. The van der Waals surface area contributed by atoms with Crippen LogP contribution in [0, 0.1) is 0 Å². The first-order valence-corrected chi connectivity index (χ1v) is 11.3. The minimum absolute atomic E-state index is 0. The van der Waals surface area contributed by atoms with Crippen molar-refractivity contribution in [2.75, 3.05) is 11.4 Å². The highest BCUT2D eigenvalue weighted by atomic mass is 79.9. The molecule has 2 aromatic carbocycles. The van der Waals surface area contributed by atoms with Crippen LogP contribution in [-0.2, 0) is 6.54 Å². The van der Waals surface area contributed by atoms with Gasteiger partial charge in [-0.1, -0.05) is 54.3 Å². The summed E-state index contributed by atoms with van der Waals surface area (Å²) in [6.45, 7) is 8.69. The highest BCUT2D eigenvalue weighted by Gasteiger charge is 2.24. The van der Waals surface area contributed by atoms with Gasteiger partial charge in [0.2, 0.25) is 5.52 Å². The average Bonchev–Trinajstić information content (AvgIpc) is 3.26. The van der Waals surface area contributed by atoms with Crippen molar-refractivity contribution < 1.29 is 21.5 Å². The molecule has 3 aromatic rings. The van der Waals surface area contributed by atoms with Crippen LogP contribution < -0.4 is 26.4 Å². The Kier molecular flexibility index (Phi) is 7.02. The molecule has 0 N–H and O–H groups in total. The van der Waals surface area contributed by atoms with E-state index in [1.165, 1.54) is 36.4 Å². The van der Waals surface area contributed by atoms with Gasteiger partial charge in [-0.2, -0.15) is 4.57 Å². The van der Waals surface area contributed by atoms with Gasteiger partial charge in [0.25, 0.3) is 5.01 Å². The molecule has 0 aliphatic carbocycles. The fourth-order valence-electron chi connectivity index (χ4n) is 3.60. The first kappa shape index (κ1) is 21.2. The summed E-state index contributed by atoms with van der Waals surface area (Å²) >= 11 is 3.77. The second-order valence-electron chi connectivity index (χ2n) is 6.48. The summed E-state index contributed by atoms with van der Waals surface area (Å²) in [6, 6.07) is 17.4. The standard InChI is InChI=1S/C23H25N2S2.BrH/c1-4-17(23-25(6-3)19-12-8-10-14-21(19)27-23)15-16-22-24(5-2)18-11-7-9-13-20(18)26-22;/h7-16H,4-6H2,1-3H3;1H/q+1;/p-1. The van der Waals surface area contributed by atoms with Crippen LogP contribution in [-0.4, -0.2) is 6.54 Å². The van der Waals surface area contributed by atoms with E-state index in [0.717, 1.165) is 19.5 Å². The molecule has 146 valence electrons. The Balaban J connectivity index is 0.00000225. The molecule has 1 aliphatic rings. The van der Waals surface area contributed by atoms with E-state index in [2.05, 4.69) is 90.9 Å². The van der Waals surface area contributed by atoms with Gasteiger partial charge in [-0.3, -0.25) is 0 Å². The van der Waals surface area contributed by atoms with Crippen LogP contribution in [0.5, 0.6) is 0 Å². The number of benzene rings is 2. The summed E-state index contributed by atoms with van der Waals surface area (Å²) in [6.07, 6.45) is 5.66. The average molecular weight is 474 g/mol. The van der Waals surface area contributed by atoms with E-state index in [9.17, 15) is 0 Å². The minimum Gasteiger partial charge on any atom is -1.00 e. The number of fused-ring (bicyclic) bond motifs is 2. The summed E-state index contributed by atoms with van der Waals surface area (Å²) < 4.78 is 3.81. The third kappa shape index (κ3) is 3.80. The van der Waals surface area contributed by atoms with Crippen LogP contribution in [0.25, 0.3) is 15.8 Å². The van der Waals surface area contributed by atoms with E-state index >= 15 is 0 Å². The maximum atomic E-state index is 2.45. The molecule has 0 unspecified atom stereocenters. The van der Waals surface area contributed by atoms with Crippen LogP contribution in [0.15, 0.2) is 70.6 Å². The van der Waals surface area contributed by atoms with Crippen LogP contribution >= 0.6 is 23.1 Å². The van der Waals surface area contributed by atoms with Crippen molar-refractivity contribution in [2.45, 2.75) is 38.6 Å². The fourth-order valence-corrected chi connectivity index (χ4v) is 6.05. The Morgan fingerprint density at radius 3 is 2.54 bits per heavy atom. The molecule has 0 atom stereocenters. The number of hydrogen-bond acceptors (Lipinski definition) is 3. The molecule has 1 aromatic heterocycles. The summed E-state index contributed by atoms with van der Waals surface area (Å²) in [7, 11) is 0. The number of rotatable bonds is 5. The van der Waals surface area contributed by atoms with Crippen LogP contribution in [0.3, 0.4) is 0 Å². The lowest BCUT2D eigenvalue weighted by atomic mass is 10.2. The van der Waals surface area contributed by atoms with Gasteiger partial charge in [0, 0.05) is 23.1 Å². The number of anilines is 1. The molecule has 28 heavy (non-hydrogen) atoms. The Labute approximate surface area is 186 Å². The quantitative estimate of drug-likeness (QED) is 0.524. The summed E-state index contributed by atoms with van der Waals surface area (Å²) in [5, 5.41) is 2.69. The number of nitrogens with zero attached hydrogens (tertiary/aromatic N) is 2. The monoisotopic (exact) mass is 472 g/mol. The van der Waals surface area contributed by atoms with Crippen molar-refractivity contribution >= 4 is 44.6 Å². The van der Waals surface area contributed by atoms with Gasteiger partial charge < -0.3 is 21.9 Å². The molecule has 0 spiro atoms. The zero-order valence-corrected chi connectivity index (χ0v) is 19.7. The van der Waals surface area contributed by atoms with Crippen molar-refractivity contribution in [1.29, 1.82) is 0 Å². The number of para-hydroxylation sites is 2.